The highest BCUT2D eigenvalue weighted by Crippen LogP contribution is 2.27. The van der Waals surface area contributed by atoms with Crippen molar-refractivity contribution >= 4 is 28.2 Å². The van der Waals surface area contributed by atoms with Crippen LogP contribution in [0.1, 0.15) is 29.1 Å². The van der Waals surface area contributed by atoms with E-state index in [1.807, 2.05) is 25.1 Å². The van der Waals surface area contributed by atoms with Gasteiger partial charge in [-0.25, -0.2) is 4.79 Å². The summed E-state index contributed by atoms with van der Waals surface area (Å²) in [5.41, 5.74) is 0.778. The largest absolute Gasteiger partial charge is 0.481 e. The number of carbonyl (C=O) groups excluding carboxylic acids is 2. The fourth-order valence-electron chi connectivity index (χ4n) is 1.92. The van der Waals surface area contributed by atoms with Gasteiger partial charge < -0.3 is 14.8 Å². The quantitative estimate of drug-likeness (QED) is 0.820. The molecule has 1 atom stereocenters. The normalized spacial score (nSPS) is 11.6. The zero-order valence-corrected chi connectivity index (χ0v) is 14.1. The number of para-hydroxylation sites is 1. The molecular formula is C17H19NO4S. The Morgan fingerprint density at radius 1 is 1.26 bits per heavy atom. The fraction of sp³-hybridized carbons (Fsp3) is 0.294. The first kappa shape index (κ1) is 17.0. The molecule has 0 fully saturated rings. The number of nitrogens with one attached hydrogen (secondary N) is 1. The molecule has 5 nitrogen and oxygen atoms in total. The molecule has 1 N–H and O–H groups in total. The van der Waals surface area contributed by atoms with Gasteiger partial charge in [-0.3, -0.25) is 4.79 Å². The molecule has 1 aromatic heterocycles. The third kappa shape index (κ3) is 4.56. The Morgan fingerprint density at radius 3 is 2.61 bits per heavy atom. The number of amides is 1. The number of hydrogen-bond donors (Lipinski definition) is 1. The number of carbonyl (C=O) groups is 2. The van der Waals surface area contributed by atoms with Crippen LogP contribution in [-0.4, -0.2) is 24.6 Å². The molecule has 1 amide bonds. The van der Waals surface area contributed by atoms with Crippen molar-refractivity contribution in [1.29, 1.82) is 0 Å². The van der Waals surface area contributed by atoms with Crippen LogP contribution in [0.3, 0.4) is 0 Å². The molecule has 0 spiro atoms. The number of hydrogen-bond acceptors (Lipinski definition) is 5. The molecule has 0 aliphatic rings. The van der Waals surface area contributed by atoms with Gasteiger partial charge in [0.25, 0.3) is 5.91 Å². The number of ether oxygens (including phenoxy) is 2. The second kappa shape index (κ2) is 7.78. The average Bonchev–Trinajstić information content (AvgIpc) is 2.89. The van der Waals surface area contributed by atoms with Crippen LogP contribution in [0.25, 0.3) is 0 Å². The van der Waals surface area contributed by atoms with Crippen molar-refractivity contribution in [2.45, 2.75) is 26.9 Å². The molecule has 0 aliphatic carbocycles. The molecule has 0 radical (unpaired) electrons. The summed E-state index contributed by atoms with van der Waals surface area (Å²) in [6, 6.07) is 10.9. The summed E-state index contributed by atoms with van der Waals surface area (Å²) in [5, 5.41) is 3.36. The number of aryl methyl sites for hydroxylation is 1. The van der Waals surface area contributed by atoms with Crippen molar-refractivity contribution in [3.05, 3.63) is 46.8 Å². The third-order valence-electron chi connectivity index (χ3n) is 3.05. The lowest BCUT2D eigenvalue weighted by molar-refractivity contribution is -0.122. The van der Waals surface area contributed by atoms with Crippen LogP contribution in [0.5, 0.6) is 5.75 Å². The van der Waals surface area contributed by atoms with Gasteiger partial charge in [-0.15, -0.1) is 11.3 Å². The summed E-state index contributed by atoms with van der Waals surface area (Å²) in [6.45, 7) is 5.56. The highest BCUT2D eigenvalue weighted by molar-refractivity contribution is 7.18. The van der Waals surface area contributed by atoms with Crippen molar-refractivity contribution in [2.75, 3.05) is 11.9 Å². The number of esters is 1. The zero-order valence-electron chi connectivity index (χ0n) is 13.3. The summed E-state index contributed by atoms with van der Waals surface area (Å²) in [6.07, 6.45) is -0.647. The molecule has 2 aromatic rings. The average molecular weight is 333 g/mol. The lowest BCUT2D eigenvalue weighted by Gasteiger charge is -2.13. The Labute approximate surface area is 139 Å². The molecule has 0 saturated carbocycles. The summed E-state index contributed by atoms with van der Waals surface area (Å²) in [4.78, 5) is 24.5. The van der Waals surface area contributed by atoms with Crippen molar-refractivity contribution in [2.24, 2.45) is 0 Å². The van der Waals surface area contributed by atoms with E-state index >= 15 is 0 Å². The summed E-state index contributed by atoms with van der Waals surface area (Å²) >= 11 is 1.20. The Bertz CT molecular complexity index is 681. The van der Waals surface area contributed by atoms with E-state index in [9.17, 15) is 9.59 Å². The molecule has 0 aliphatic heterocycles. The Morgan fingerprint density at radius 2 is 1.96 bits per heavy atom. The van der Waals surface area contributed by atoms with Gasteiger partial charge in [0.1, 0.15) is 10.6 Å². The van der Waals surface area contributed by atoms with Gasteiger partial charge in [-0.05, 0) is 44.5 Å². The van der Waals surface area contributed by atoms with E-state index in [0.29, 0.717) is 22.2 Å². The van der Waals surface area contributed by atoms with Crippen molar-refractivity contribution in [1.82, 2.24) is 0 Å². The third-order valence-corrected chi connectivity index (χ3v) is 4.18. The summed E-state index contributed by atoms with van der Waals surface area (Å²) in [7, 11) is 0. The second-order valence-corrected chi connectivity index (χ2v) is 5.96. The second-order valence-electron chi connectivity index (χ2n) is 4.91. The molecule has 2 rings (SSSR count). The first-order valence-electron chi connectivity index (χ1n) is 7.31. The standard InChI is InChI=1S/C17H19NO4S/c1-4-21-17(20)15-11(2)10-14(23-15)18-16(19)12(3)22-13-8-6-5-7-9-13/h5-10,12H,4H2,1-3H3,(H,18,19). The van der Waals surface area contributed by atoms with Crippen LogP contribution in [0.15, 0.2) is 36.4 Å². The highest BCUT2D eigenvalue weighted by atomic mass is 32.1. The SMILES string of the molecule is CCOC(=O)c1sc(NC(=O)C(C)Oc2ccccc2)cc1C. The molecule has 1 aromatic carbocycles. The number of benzene rings is 1. The van der Waals surface area contributed by atoms with Crippen molar-refractivity contribution in [3.8, 4) is 5.75 Å². The topological polar surface area (TPSA) is 64.6 Å². The maximum atomic E-state index is 12.2. The Kier molecular flexibility index (Phi) is 5.76. The first-order valence-corrected chi connectivity index (χ1v) is 8.13. The fourth-order valence-corrected chi connectivity index (χ4v) is 2.89. The van der Waals surface area contributed by atoms with Crippen LogP contribution in [0.4, 0.5) is 5.00 Å². The number of anilines is 1. The van der Waals surface area contributed by atoms with E-state index < -0.39 is 6.10 Å². The van der Waals surface area contributed by atoms with E-state index in [-0.39, 0.29) is 11.9 Å². The first-order chi connectivity index (χ1) is 11.0. The minimum atomic E-state index is -0.647. The van der Waals surface area contributed by atoms with Crippen LogP contribution in [0, 0.1) is 6.92 Å². The predicted molar refractivity (Wildman–Crippen MR) is 90.2 cm³/mol. The Hall–Kier alpha value is -2.34. The van der Waals surface area contributed by atoms with Gasteiger partial charge >= 0.3 is 5.97 Å². The molecule has 0 saturated heterocycles. The van der Waals surface area contributed by atoms with E-state index in [4.69, 9.17) is 9.47 Å². The van der Waals surface area contributed by atoms with Crippen LogP contribution >= 0.6 is 11.3 Å². The Balaban J connectivity index is 2.00. The van der Waals surface area contributed by atoms with Crippen LogP contribution < -0.4 is 10.1 Å². The van der Waals surface area contributed by atoms with Gasteiger partial charge in [0.05, 0.1) is 11.6 Å². The van der Waals surface area contributed by atoms with E-state index in [2.05, 4.69) is 5.32 Å². The molecule has 1 unspecified atom stereocenters. The maximum absolute atomic E-state index is 12.2. The lowest BCUT2D eigenvalue weighted by Crippen LogP contribution is -2.29. The van der Waals surface area contributed by atoms with Crippen molar-refractivity contribution in [3.63, 3.8) is 0 Å². The van der Waals surface area contributed by atoms with Gasteiger partial charge in [-0.2, -0.15) is 0 Å². The van der Waals surface area contributed by atoms with Gasteiger partial charge in [-0.1, -0.05) is 18.2 Å². The van der Waals surface area contributed by atoms with Gasteiger partial charge in [0, 0.05) is 0 Å². The zero-order chi connectivity index (χ0) is 16.8. The molecule has 122 valence electrons. The molecule has 0 bridgehead atoms. The van der Waals surface area contributed by atoms with E-state index in [0.717, 1.165) is 5.56 Å². The molecule has 23 heavy (non-hydrogen) atoms. The summed E-state index contributed by atoms with van der Waals surface area (Å²) < 4.78 is 10.6. The monoisotopic (exact) mass is 333 g/mol. The van der Waals surface area contributed by atoms with Gasteiger partial charge in [0.15, 0.2) is 6.10 Å². The molecular weight excluding hydrogens is 314 g/mol. The lowest BCUT2D eigenvalue weighted by atomic mass is 10.3. The minimum Gasteiger partial charge on any atom is -0.481 e. The van der Waals surface area contributed by atoms with E-state index in [1.54, 1.807) is 32.0 Å². The minimum absolute atomic E-state index is 0.273. The maximum Gasteiger partial charge on any atom is 0.348 e. The van der Waals surface area contributed by atoms with Gasteiger partial charge in [0.2, 0.25) is 0 Å². The van der Waals surface area contributed by atoms with Crippen LogP contribution in [-0.2, 0) is 9.53 Å². The smallest absolute Gasteiger partial charge is 0.348 e. The molecule has 6 heteroatoms. The van der Waals surface area contributed by atoms with E-state index in [1.165, 1.54) is 11.3 Å². The summed E-state index contributed by atoms with van der Waals surface area (Å²) in [5.74, 6) is -0.0145. The van der Waals surface area contributed by atoms with Crippen LogP contribution in [0.2, 0.25) is 0 Å². The van der Waals surface area contributed by atoms with Crippen molar-refractivity contribution < 1.29 is 19.1 Å². The molecule has 1 heterocycles. The predicted octanol–water partition coefficient (Wildman–Crippen LogP) is 3.64. The number of rotatable bonds is 6. The highest BCUT2D eigenvalue weighted by Gasteiger charge is 2.19. The number of thiophene rings is 1.